The molecule has 180 valence electrons. The van der Waals surface area contributed by atoms with E-state index in [1.54, 1.807) is 36.5 Å². The maximum atomic E-state index is 12.4. The van der Waals surface area contributed by atoms with Gasteiger partial charge in [0.15, 0.2) is 0 Å². The van der Waals surface area contributed by atoms with E-state index in [9.17, 15) is 8.42 Å². The standard InChI is InChI=1S/C24H29N5O4S/c1-3-33-21-17-19(29-12-14-32-15-13-29)9-8-18(21)16-24-26-11-10-23(28-24)27-20-6-4-5-7-22(20)34(30,31)25-2/h4-11,17,25H,3,12-16H2,1-2H3,(H,26,27,28). The summed E-state index contributed by atoms with van der Waals surface area (Å²) >= 11 is 0. The first-order chi connectivity index (χ1) is 16.5. The lowest BCUT2D eigenvalue weighted by Crippen LogP contribution is -2.36. The molecule has 2 N–H and O–H groups in total. The Balaban J connectivity index is 1.56. The molecule has 2 aromatic carbocycles. The molecule has 0 saturated carbocycles. The van der Waals surface area contributed by atoms with Crippen LogP contribution in [-0.2, 0) is 21.2 Å². The lowest BCUT2D eigenvalue weighted by Gasteiger charge is -2.29. The lowest BCUT2D eigenvalue weighted by molar-refractivity contribution is 0.122. The monoisotopic (exact) mass is 483 g/mol. The molecule has 0 aliphatic carbocycles. The fraction of sp³-hybridized carbons (Fsp3) is 0.333. The zero-order chi connectivity index (χ0) is 24.0. The molecule has 1 fully saturated rings. The van der Waals surface area contributed by atoms with E-state index in [1.165, 1.54) is 7.05 Å². The van der Waals surface area contributed by atoms with Gasteiger partial charge in [-0.2, -0.15) is 0 Å². The normalized spacial score (nSPS) is 14.1. The van der Waals surface area contributed by atoms with E-state index in [1.807, 2.05) is 13.0 Å². The van der Waals surface area contributed by atoms with Crippen molar-refractivity contribution in [2.75, 3.05) is 50.2 Å². The second kappa shape index (κ2) is 10.8. The molecule has 1 aliphatic rings. The summed E-state index contributed by atoms with van der Waals surface area (Å²) in [6.07, 6.45) is 2.13. The van der Waals surface area contributed by atoms with Gasteiger partial charge in [0, 0.05) is 43.0 Å². The Hall–Kier alpha value is -3.21. The van der Waals surface area contributed by atoms with Gasteiger partial charge in [-0.15, -0.1) is 0 Å². The summed E-state index contributed by atoms with van der Waals surface area (Å²) in [4.78, 5) is 11.5. The van der Waals surface area contributed by atoms with Crippen molar-refractivity contribution in [3.05, 3.63) is 66.1 Å². The summed E-state index contributed by atoms with van der Waals surface area (Å²) < 4.78 is 38.4. The summed E-state index contributed by atoms with van der Waals surface area (Å²) in [5.41, 5.74) is 2.52. The zero-order valence-corrected chi connectivity index (χ0v) is 20.1. The van der Waals surface area contributed by atoms with Crippen LogP contribution in [0.3, 0.4) is 0 Å². The van der Waals surface area contributed by atoms with Crippen molar-refractivity contribution in [1.82, 2.24) is 14.7 Å². The number of nitrogens with zero attached hydrogens (tertiary/aromatic N) is 3. The Morgan fingerprint density at radius 2 is 1.91 bits per heavy atom. The van der Waals surface area contributed by atoms with Gasteiger partial charge in [-0.1, -0.05) is 18.2 Å². The van der Waals surface area contributed by atoms with E-state index in [4.69, 9.17) is 9.47 Å². The number of hydrogen-bond donors (Lipinski definition) is 2. The molecule has 0 spiro atoms. The Kier molecular flexibility index (Phi) is 7.61. The third kappa shape index (κ3) is 5.64. The largest absolute Gasteiger partial charge is 0.494 e. The molecule has 3 aromatic rings. The van der Waals surface area contributed by atoms with Gasteiger partial charge in [0.05, 0.1) is 25.5 Å². The van der Waals surface area contributed by atoms with Gasteiger partial charge in [0.2, 0.25) is 10.0 Å². The molecule has 0 amide bonds. The Morgan fingerprint density at radius 1 is 1.12 bits per heavy atom. The number of rotatable bonds is 9. The SMILES string of the molecule is CCOc1cc(N2CCOCC2)ccc1Cc1nccc(Nc2ccccc2S(=O)(=O)NC)n1. The molecular weight excluding hydrogens is 454 g/mol. The summed E-state index contributed by atoms with van der Waals surface area (Å²) in [5, 5.41) is 3.11. The highest BCUT2D eigenvalue weighted by Gasteiger charge is 2.17. The molecule has 0 unspecified atom stereocenters. The predicted octanol–water partition coefficient (Wildman–Crippen LogP) is 2.95. The average molecular weight is 484 g/mol. The number of anilines is 3. The average Bonchev–Trinajstić information content (AvgIpc) is 2.86. The van der Waals surface area contributed by atoms with Gasteiger partial charge in [-0.25, -0.2) is 23.1 Å². The molecule has 34 heavy (non-hydrogen) atoms. The van der Waals surface area contributed by atoms with E-state index >= 15 is 0 Å². The third-order valence-corrected chi connectivity index (χ3v) is 6.96. The second-order valence-corrected chi connectivity index (χ2v) is 9.54. The second-order valence-electron chi connectivity index (χ2n) is 7.69. The molecule has 0 atom stereocenters. The highest BCUT2D eigenvalue weighted by atomic mass is 32.2. The summed E-state index contributed by atoms with van der Waals surface area (Å²) in [6.45, 7) is 5.66. The van der Waals surface area contributed by atoms with Gasteiger partial charge < -0.3 is 19.7 Å². The van der Waals surface area contributed by atoms with Crippen LogP contribution in [0, 0.1) is 0 Å². The fourth-order valence-corrected chi connectivity index (χ4v) is 4.66. The smallest absolute Gasteiger partial charge is 0.242 e. The predicted molar refractivity (Wildman–Crippen MR) is 131 cm³/mol. The van der Waals surface area contributed by atoms with Gasteiger partial charge in [0.25, 0.3) is 0 Å². The Bertz CT molecular complexity index is 1230. The van der Waals surface area contributed by atoms with Crippen LogP contribution in [0.1, 0.15) is 18.3 Å². The number of ether oxygens (including phenoxy) is 2. The number of morpholine rings is 1. The molecule has 0 radical (unpaired) electrons. The van der Waals surface area contributed by atoms with Gasteiger partial charge in [-0.3, -0.25) is 0 Å². The van der Waals surface area contributed by atoms with E-state index in [2.05, 4.69) is 37.0 Å². The van der Waals surface area contributed by atoms with Crippen LogP contribution in [0.25, 0.3) is 0 Å². The molecule has 0 bridgehead atoms. The van der Waals surface area contributed by atoms with Crippen molar-refractivity contribution < 1.29 is 17.9 Å². The molecule has 9 nitrogen and oxygen atoms in total. The number of nitrogens with one attached hydrogen (secondary N) is 2. The van der Waals surface area contributed by atoms with Crippen molar-refractivity contribution in [3.8, 4) is 5.75 Å². The van der Waals surface area contributed by atoms with Crippen LogP contribution >= 0.6 is 0 Å². The first kappa shape index (κ1) is 23.9. The van der Waals surface area contributed by atoms with E-state index in [0.717, 1.165) is 43.3 Å². The third-order valence-electron chi connectivity index (χ3n) is 5.49. The van der Waals surface area contributed by atoms with Crippen LogP contribution in [-0.4, -0.2) is 58.3 Å². The van der Waals surface area contributed by atoms with E-state index < -0.39 is 10.0 Å². The minimum Gasteiger partial charge on any atom is -0.494 e. The van der Waals surface area contributed by atoms with Gasteiger partial charge in [0.1, 0.15) is 22.3 Å². The van der Waals surface area contributed by atoms with Gasteiger partial charge >= 0.3 is 0 Å². The van der Waals surface area contributed by atoms with Crippen LogP contribution in [0.15, 0.2) is 59.6 Å². The quantitative estimate of drug-likeness (QED) is 0.479. The van der Waals surface area contributed by atoms with Crippen molar-refractivity contribution in [3.63, 3.8) is 0 Å². The van der Waals surface area contributed by atoms with Gasteiger partial charge in [-0.05, 0) is 38.2 Å². The van der Waals surface area contributed by atoms with Crippen molar-refractivity contribution >= 4 is 27.2 Å². The number of para-hydroxylation sites is 1. The van der Waals surface area contributed by atoms with E-state index in [-0.39, 0.29) is 4.90 Å². The highest BCUT2D eigenvalue weighted by Crippen LogP contribution is 2.29. The number of aromatic nitrogens is 2. The van der Waals surface area contributed by atoms with Crippen molar-refractivity contribution in [2.24, 2.45) is 0 Å². The van der Waals surface area contributed by atoms with Crippen LogP contribution in [0.5, 0.6) is 5.75 Å². The summed E-state index contributed by atoms with van der Waals surface area (Å²) in [6, 6.07) is 14.6. The molecule has 2 heterocycles. The summed E-state index contributed by atoms with van der Waals surface area (Å²) in [7, 11) is -2.23. The molecular formula is C24H29N5O4S. The Labute approximate surface area is 200 Å². The number of hydrogen-bond acceptors (Lipinski definition) is 8. The molecule has 10 heteroatoms. The topological polar surface area (TPSA) is 106 Å². The summed E-state index contributed by atoms with van der Waals surface area (Å²) in [5.74, 6) is 1.91. The number of benzene rings is 2. The maximum Gasteiger partial charge on any atom is 0.242 e. The minimum absolute atomic E-state index is 0.148. The molecule has 1 saturated heterocycles. The minimum atomic E-state index is -3.62. The van der Waals surface area contributed by atoms with Crippen LogP contribution in [0.2, 0.25) is 0 Å². The Morgan fingerprint density at radius 3 is 2.68 bits per heavy atom. The van der Waals surface area contributed by atoms with Crippen molar-refractivity contribution in [1.29, 1.82) is 0 Å². The molecule has 4 rings (SSSR count). The molecule has 1 aliphatic heterocycles. The van der Waals surface area contributed by atoms with E-state index in [0.29, 0.717) is 30.4 Å². The maximum absolute atomic E-state index is 12.4. The zero-order valence-electron chi connectivity index (χ0n) is 19.3. The van der Waals surface area contributed by atoms with Crippen LogP contribution in [0.4, 0.5) is 17.2 Å². The first-order valence-corrected chi connectivity index (χ1v) is 12.7. The highest BCUT2D eigenvalue weighted by molar-refractivity contribution is 7.89. The fourth-order valence-electron chi connectivity index (χ4n) is 3.77. The number of sulfonamides is 1. The molecule has 1 aromatic heterocycles. The van der Waals surface area contributed by atoms with Crippen LogP contribution < -0.4 is 19.7 Å². The first-order valence-electron chi connectivity index (χ1n) is 11.2. The van der Waals surface area contributed by atoms with Crippen molar-refractivity contribution in [2.45, 2.75) is 18.2 Å². The lowest BCUT2D eigenvalue weighted by atomic mass is 10.1.